The zero-order valence-corrected chi connectivity index (χ0v) is 22.0. The van der Waals surface area contributed by atoms with Gasteiger partial charge >= 0.3 is 0 Å². The molecule has 3 amide bonds. The fourth-order valence-electron chi connectivity index (χ4n) is 7.69. The molecule has 1 aliphatic carbocycles. The van der Waals surface area contributed by atoms with Crippen molar-refractivity contribution in [3.05, 3.63) is 54.6 Å². The van der Waals surface area contributed by atoms with E-state index in [1.54, 1.807) is 4.90 Å². The van der Waals surface area contributed by atoms with Crippen LogP contribution in [0.15, 0.2) is 54.6 Å². The smallest absolute Gasteiger partial charge is 0.249 e. The highest BCUT2D eigenvalue weighted by atomic mass is 16.5. The van der Waals surface area contributed by atoms with Crippen LogP contribution in [-0.2, 0) is 19.1 Å². The average molecular weight is 520 g/mol. The topological polar surface area (TPSA) is 90.4 Å². The molecule has 1 aromatic carbocycles. The number of ether oxygens (including phenoxy) is 1. The van der Waals surface area contributed by atoms with Gasteiger partial charge in [-0.2, -0.15) is 0 Å². The second-order valence-corrected chi connectivity index (χ2v) is 11.2. The van der Waals surface area contributed by atoms with Crippen molar-refractivity contribution in [2.45, 2.75) is 68.7 Å². The molecule has 8 heteroatoms. The summed E-state index contributed by atoms with van der Waals surface area (Å²) in [5.41, 5.74) is -1.51. The molecule has 0 bridgehead atoms. The number of nitrogens with zero attached hydrogens (tertiary/aromatic N) is 3. The lowest BCUT2D eigenvalue weighted by atomic mass is 9.73. The first kappa shape index (κ1) is 25.3. The van der Waals surface area contributed by atoms with Crippen LogP contribution < -0.4 is 4.90 Å². The van der Waals surface area contributed by atoms with Crippen molar-refractivity contribution in [2.75, 3.05) is 31.1 Å². The molecule has 5 aliphatic rings. The third kappa shape index (κ3) is 3.60. The number of hydrogen-bond acceptors (Lipinski definition) is 5. The largest absolute Gasteiger partial charge is 0.395 e. The maximum absolute atomic E-state index is 14.4. The van der Waals surface area contributed by atoms with Crippen molar-refractivity contribution in [2.24, 2.45) is 11.8 Å². The summed E-state index contributed by atoms with van der Waals surface area (Å²) in [6, 6.07) is 8.70. The highest BCUT2D eigenvalue weighted by molar-refractivity contribution is 6.04. The Hall–Kier alpha value is -2.97. The highest BCUT2D eigenvalue weighted by Crippen LogP contribution is 2.58. The standard InChI is InChI=1S/C30H37N3O5/c1-2-29-15-9-17-31(21-11-5-3-6-12-21)26(35)23(29)24-27(36)33(19-20-34)25-28(37)32(22-13-7-4-8-14-22)18-10-16-30(24,25)38-29/h3,5-6,9-12,15-16,22-25,34H,2,4,7-8,13-14,17-20H2,1H3/t23-,24-,25?,29+,30-/m0/s1. The fourth-order valence-corrected chi connectivity index (χ4v) is 7.69. The first-order chi connectivity index (χ1) is 18.5. The van der Waals surface area contributed by atoms with E-state index in [1.165, 1.54) is 11.3 Å². The number of carbonyl (C=O) groups is 3. The van der Waals surface area contributed by atoms with Crippen molar-refractivity contribution >= 4 is 23.4 Å². The Morgan fingerprint density at radius 3 is 2.37 bits per heavy atom. The lowest BCUT2D eigenvalue weighted by Gasteiger charge is -2.40. The number of benzene rings is 1. The van der Waals surface area contributed by atoms with Crippen LogP contribution in [0.5, 0.6) is 0 Å². The van der Waals surface area contributed by atoms with E-state index in [2.05, 4.69) is 0 Å². The van der Waals surface area contributed by atoms with Crippen LogP contribution in [0.25, 0.3) is 0 Å². The Kier molecular flexibility index (Phi) is 6.43. The van der Waals surface area contributed by atoms with Gasteiger partial charge in [-0.15, -0.1) is 0 Å². The molecule has 8 nitrogen and oxygen atoms in total. The Morgan fingerprint density at radius 2 is 1.66 bits per heavy atom. The summed E-state index contributed by atoms with van der Waals surface area (Å²) in [4.78, 5) is 48.1. The van der Waals surface area contributed by atoms with E-state index in [9.17, 15) is 19.5 Å². The molecule has 38 heavy (non-hydrogen) atoms. The second kappa shape index (κ2) is 9.65. The van der Waals surface area contributed by atoms with Gasteiger partial charge in [0.2, 0.25) is 17.7 Å². The number of fused-ring (bicyclic) bond motifs is 2. The number of hydrogen-bond donors (Lipinski definition) is 1. The number of rotatable bonds is 5. The van der Waals surface area contributed by atoms with Crippen LogP contribution in [0.2, 0.25) is 0 Å². The molecule has 1 aromatic rings. The Labute approximate surface area is 223 Å². The van der Waals surface area contributed by atoms with Gasteiger partial charge in [0.25, 0.3) is 0 Å². The molecular formula is C30H37N3O5. The van der Waals surface area contributed by atoms with Gasteiger partial charge in [-0.3, -0.25) is 14.4 Å². The summed E-state index contributed by atoms with van der Waals surface area (Å²) in [6.45, 7) is 2.58. The van der Waals surface area contributed by atoms with Crippen molar-refractivity contribution in [1.82, 2.24) is 9.80 Å². The number of anilines is 1. The Balaban J connectivity index is 1.46. The predicted molar refractivity (Wildman–Crippen MR) is 142 cm³/mol. The number of aliphatic hydroxyl groups is 1. The maximum Gasteiger partial charge on any atom is 0.249 e. The SMILES string of the molecule is CC[C@@]12C=CCN(c3ccccc3)C(=O)[C@@H]1[C@H]1C(=O)N(CCO)C3C(=O)N(C4CCCCC4)CC=C[C@@]31O2. The summed E-state index contributed by atoms with van der Waals surface area (Å²) in [6.07, 6.45) is 13.5. The summed E-state index contributed by atoms with van der Waals surface area (Å²) < 4.78 is 6.97. The molecule has 3 fully saturated rings. The first-order valence-electron chi connectivity index (χ1n) is 14.1. The Morgan fingerprint density at radius 1 is 0.921 bits per heavy atom. The van der Waals surface area contributed by atoms with E-state index in [4.69, 9.17) is 4.74 Å². The van der Waals surface area contributed by atoms with Gasteiger partial charge in [0, 0.05) is 31.4 Å². The molecule has 202 valence electrons. The third-order valence-electron chi connectivity index (χ3n) is 9.40. The zero-order chi connectivity index (χ0) is 26.5. The van der Waals surface area contributed by atoms with Crippen LogP contribution in [0, 0.1) is 11.8 Å². The van der Waals surface area contributed by atoms with Crippen molar-refractivity contribution in [3.63, 3.8) is 0 Å². The molecule has 4 aliphatic heterocycles. The van der Waals surface area contributed by atoms with Gasteiger partial charge in [-0.05, 0) is 31.4 Å². The maximum atomic E-state index is 14.4. The number of amides is 3. The highest BCUT2D eigenvalue weighted by Gasteiger charge is 2.75. The number of β-amino-alcohol motifs (C(OH)–C–C–N with tert-alkyl or cyclic N) is 1. The van der Waals surface area contributed by atoms with E-state index in [1.807, 2.05) is 66.5 Å². The van der Waals surface area contributed by atoms with Gasteiger partial charge in [0.1, 0.15) is 11.6 Å². The van der Waals surface area contributed by atoms with E-state index < -0.39 is 29.1 Å². The third-order valence-corrected chi connectivity index (χ3v) is 9.40. The van der Waals surface area contributed by atoms with Crippen LogP contribution in [0.3, 0.4) is 0 Å². The van der Waals surface area contributed by atoms with Gasteiger partial charge in [-0.25, -0.2) is 0 Å². The Bertz CT molecular complexity index is 1160. The molecule has 5 atom stereocenters. The monoisotopic (exact) mass is 519 g/mol. The number of para-hydroxylation sites is 1. The molecule has 0 aromatic heterocycles. The lowest BCUT2D eigenvalue weighted by molar-refractivity contribution is -0.154. The predicted octanol–water partition coefficient (Wildman–Crippen LogP) is 2.67. The summed E-state index contributed by atoms with van der Waals surface area (Å²) >= 11 is 0. The molecule has 1 unspecified atom stereocenters. The summed E-state index contributed by atoms with van der Waals surface area (Å²) in [7, 11) is 0. The first-order valence-corrected chi connectivity index (χ1v) is 14.1. The van der Waals surface area contributed by atoms with Crippen LogP contribution in [0.4, 0.5) is 5.69 Å². The number of aliphatic hydroxyl groups excluding tert-OH is 1. The molecule has 0 radical (unpaired) electrons. The minimum Gasteiger partial charge on any atom is -0.395 e. The molecule has 6 rings (SSSR count). The average Bonchev–Trinajstić information content (AvgIpc) is 3.22. The second-order valence-electron chi connectivity index (χ2n) is 11.2. The molecule has 1 N–H and O–H groups in total. The fraction of sp³-hybridized carbons (Fsp3) is 0.567. The van der Waals surface area contributed by atoms with Gasteiger partial charge < -0.3 is 24.5 Å². The van der Waals surface area contributed by atoms with Crippen LogP contribution >= 0.6 is 0 Å². The summed E-state index contributed by atoms with van der Waals surface area (Å²) in [5, 5.41) is 9.92. The van der Waals surface area contributed by atoms with Crippen molar-refractivity contribution in [3.8, 4) is 0 Å². The minimum absolute atomic E-state index is 0.0292. The van der Waals surface area contributed by atoms with Crippen molar-refractivity contribution < 1.29 is 24.2 Å². The van der Waals surface area contributed by atoms with Crippen molar-refractivity contribution in [1.29, 1.82) is 0 Å². The van der Waals surface area contributed by atoms with Gasteiger partial charge in [0.15, 0.2) is 0 Å². The molecule has 2 saturated heterocycles. The van der Waals surface area contributed by atoms with E-state index in [-0.39, 0.29) is 36.9 Å². The van der Waals surface area contributed by atoms with Gasteiger partial charge in [0.05, 0.1) is 24.0 Å². The molecule has 1 spiro atoms. The molecule has 4 heterocycles. The van der Waals surface area contributed by atoms with E-state index >= 15 is 0 Å². The lowest BCUT2D eigenvalue weighted by Crippen LogP contribution is -2.58. The van der Waals surface area contributed by atoms with Gasteiger partial charge in [-0.1, -0.05) is 68.7 Å². The van der Waals surface area contributed by atoms with Crippen LogP contribution in [0.1, 0.15) is 45.4 Å². The number of carbonyl (C=O) groups excluding carboxylic acids is 3. The zero-order valence-electron chi connectivity index (χ0n) is 22.0. The van der Waals surface area contributed by atoms with Crippen LogP contribution in [-0.4, -0.2) is 82.2 Å². The van der Waals surface area contributed by atoms with E-state index in [0.717, 1.165) is 31.4 Å². The summed E-state index contributed by atoms with van der Waals surface area (Å²) in [5.74, 6) is -2.23. The number of likely N-dealkylation sites (tertiary alicyclic amines) is 1. The molecule has 1 saturated carbocycles. The quantitative estimate of drug-likeness (QED) is 0.604. The minimum atomic E-state index is -1.27. The van der Waals surface area contributed by atoms with E-state index in [0.29, 0.717) is 19.5 Å². The molecular weight excluding hydrogens is 482 g/mol. The normalized spacial score (nSPS) is 35.3.